The van der Waals surface area contributed by atoms with E-state index in [2.05, 4.69) is 17.2 Å². The van der Waals surface area contributed by atoms with Gasteiger partial charge in [0.2, 0.25) is 0 Å². The summed E-state index contributed by atoms with van der Waals surface area (Å²) in [4.78, 5) is 22.7. The number of benzene rings is 1. The van der Waals surface area contributed by atoms with E-state index in [1.165, 1.54) is 51.4 Å². The van der Waals surface area contributed by atoms with Crippen LogP contribution in [0.2, 0.25) is 0 Å². The molecule has 1 aromatic carbocycles. The van der Waals surface area contributed by atoms with E-state index in [0.717, 1.165) is 42.7 Å². The fourth-order valence-corrected chi connectivity index (χ4v) is 5.25. The van der Waals surface area contributed by atoms with Gasteiger partial charge in [-0.3, -0.25) is 4.52 Å². The molecular weight excluding hydrogens is 463 g/mol. The molecule has 2 atom stereocenters. The minimum absolute atomic E-state index is 0.184. The molecule has 0 aliphatic heterocycles. The standard InChI is InChI=1S/C27H41N2O5P/c1-2-3-4-5-6-7-8-9-10-19-33-24-14-11-13-22(20-24)23-17-18-28-27(21-23)29-25-15-12-16-26(25)34-35(30,31)32/h11,13-14,17-18,20-21,25-26H,2-10,12,15-16,19H2,1H3,(H,28,29)(H2,30,31,32)/t25-,26+/m0/s1. The molecule has 1 aliphatic carbocycles. The van der Waals surface area contributed by atoms with Crippen LogP contribution in [0.1, 0.15) is 84.0 Å². The van der Waals surface area contributed by atoms with Crippen molar-refractivity contribution in [1.29, 1.82) is 0 Å². The van der Waals surface area contributed by atoms with E-state index in [0.29, 0.717) is 12.2 Å². The average molecular weight is 505 g/mol. The Morgan fingerprint density at radius 1 is 0.971 bits per heavy atom. The molecule has 194 valence electrons. The molecule has 1 saturated carbocycles. The number of anilines is 1. The molecule has 3 N–H and O–H groups in total. The minimum atomic E-state index is -4.52. The van der Waals surface area contributed by atoms with Crippen molar-refractivity contribution in [2.75, 3.05) is 11.9 Å². The first-order valence-corrected chi connectivity index (χ1v) is 14.7. The first-order chi connectivity index (χ1) is 16.9. The highest BCUT2D eigenvalue weighted by Crippen LogP contribution is 2.42. The second kappa shape index (κ2) is 14.6. The maximum absolute atomic E-state index is 11.3. The summed E-state index contributed by atoms with van der Waals surface area (Å²) >= 11 is 0. The Kier molecular flexibility index (Phi) is 11.5. The van der Waals surface area contributed by atoms with Crippen molar-refractivity contribution >= 4 is 13.6 Å². The highest BCUT2D eigenvalue weighted by molar-refractivity contribution is 7.46. The van der Waals surface area contributed by atoms with Gasteiger partial charge in [0.15, 0.2) is 0 Å². The summed E-state index contributed by atoms with van der Waals surface area (Å²) < 4.78 is 22.2. The molecule has 3 rings (SSSR count). The molecule has 0 bridgehead atoms. The van der Waals surface area contributed by atoms with Gasteiger partial charge in [0, 0.05) is 6.20 Å². The monoisotopic (exact) mass is 504 g/mol. The van der Waals surface area contributed by atoms with Crippen LogP contribution in [0, 0.1) is 0 Å². The quantitative estimate of drug-likeness (QED) is 0.166. The van der Waals surface area contributed by atoms with Crippen LogP contribution in [0.3, 0.4) is 0 Å². The van der Waals surface area contributed by atoms with Crippen molar-refractivity contribution in [3.8, 4) is 16.9 Å². The first kappa shape index (κ1) is 27.7. The Bertz CT molecular complexity index is 935. The summed E-state index contributed by atoms with van der Waals surface area (Å²) in [7, 11) is -4.52. The molecule has 35 heavy (non-hydrogen) atoms. The molecule has 0 amide bonds. The maximum atomic E-state index is 11.3. The number of pyridine rings is 1. The predicted octanol–water partition coefficient (Wildman–Crippen LogP) is 7.10. The number of unbranched alkanes of at least 4 members (excludes halogenated alkanes) is 8. The third-order valence-electron chi connectivity index (χ3n) is 6.50. The van der Waals surface area contributed by atoms with Crippen LogP contribution >= 0.6 is 7.82 Å². The number of hydrogen-bond acceptors (Lipinski definition) is 5. The van der Waals surface area contributed by atoms with E-state index in [-0.39, 0.29) is 6.04 Å². The Morgan fingerprint density at radius 2 is 1.69 bits per heavy atom. The van der Waals surface area contributed by atoms with Gasteiger partial charge in [-0.15, -0.1) is 0 Å². The number of phosphoric acid groups is 1. The van der Waals surface area contributed by atoms with Gasteiger partial charge in [0.1, 0.15) is 11.6 Å². The van der Waals surface area contributed by atoms with Gasteiger partial charge in [0.25, 0.3) is 0 Å². The molecule has 0 unspecified atom stereocenters. The number of ether oxygens (including phenoxy) is 1. The maximum Gasteiger partial charge on any atom is 0.469 e. The van der Waals surface area contributed by atoms with Gasteiger partial charge in [-0.05, 0) is 61.1 Å². The third kappa shape index (κ3) is 10.3. The Hall–Kier alpha value is -1.92. The van der Waals surface area contributed by atoms with Crippen LogP contribution in [0.5, 0.6) is 5.75 Å². The van der Waals surface area contributed by atoms with E-state index in [1.54, 1.807) is 6.20 Å². The fourth-order valence-electron chi connectivity index (χ4n) is 4.64. The number of nitrogens with zero attached hydrogens (tertiary/aromatic N) is 1. The molecule has 1 fully saturated rings. The summed E-state index contributed by atoms with van der Waals surface area (Å²) in [5, 5.41) is 3.30. The zero-order valence-corrected chi connectivity index (χ0v) is 21.8. The lowest BCUT2D eigenvalue weighted by Gasteiger charge is -2.22. The van der Waals surface area contributed by atoms with E-state index >= 15 is 0 Å². The number of hydrogen-bond donors (Lipinski definition) is 3. The lowest BCUT2D eigenvalue weighted by atomic mass is 10.1. The zero-order chi connectivity index (χ0) is 24.9. The van der Waals surface area contributed by atoms with Crippen molar-refractivity contribution in [3.63, 3.8) is 0 Å². The summed E-state index contributed by atoms with van der Waals surface area (Å²) in [6.07, 6.45) is 15.1. The molecule has 0 spiro atoms. The van der Waals surface area contributed by atoms with E-state index < -0.39 is 13.9 Å². The van der Waals surface area contributed by atoms with Crippen LogP contribution in [0.25, 0.3) is 11.1 Å². The summed E-state index contributed by atoms with van der Waals surface area (Å²) in [6.45, 7) is 2.98. The number of nitrogens with one attached hydrogen (secondary N) is 1. The van der Waals surface area contributed by atoms with Crippen LogP contribution in [0.4, 0.5) is 5.82 Å². The van der Waals surface area contributed by atoms with E-state index in [1.807, 2.05) is 36.4 Å². The van der Waals surface area contributed by atoms with Crippen molar-refractivity contribution in [2.24, 2.45) is 0 Å². The SMILES string of the molecule is CCCCCCCCCCCOc1cccc(-c2ccnc(N[C@H]3CCC[C@H]3OP(=O)(O)O)c2)c1. The molecule has 7 nitrogen and oxygen atoms in total. The van der Waals surface area contributed by atoms with Crippen molar-refractivity contribution in [1.82, 2.24) is 4.98 Å². The predicted molar refractivity (Wildman–Crippen MR) is 141 cm³/mol. The lowest BCUT2D eigenvalue weighted by Crippen LogP contribution is -2.30. The number of rotatable bonds is 16. The first-order valence-electron chi connectivity index (χ1n) is 13.1. The molecule has 0 radical (unpaired) electrons. The molecule has 8 heteroatoms. The van der Waals surface area contributed by atoms with Crippen molar-refractivity contribution in [2.45, 2.75) is 96.1 Å². The van der Waals surface area contributed by atoms with Crippen molar-refractivity contribution in [3.05, 3.63) is 42.6 Å². The highest BCUT2D eigenvalue weighted by atomic mass is 31.2. The van der Waals surface area contributed by atoms with Crippen LogP contribution in [-0.4, -0.2) is 33.5 Å². The van der Waals surface area contributed by atoms with Crippen LogP contribution in [-0.2, 0) is 9.09 Å². The van der Waals surface area contributed by atoms with E-state index in [4.69, 9.17) is 19.0 Å². The fraction of sp³-hybridized carbons (Fsp3) is 0.593. The molecule has 0 saturated heterocycles. The van der Waals surface area contributed by atoms with Gasteiger partial charge in [-0.25, -0.2) is 9.55 Å². The van der Waals surface area contributed by atoms with Gasteiger partial charge in [-0.2, -0.15) is 0 Å². The average Bonchev–Trinajstić information content (AvgIpc) is 3.25. The Balaban J connectivity index is 1.46. The lowest BCUT2D eigenvalue weighted by molar-refractivity contribution is 0.130. The summed E-state index contributed by atoms with van der Waals surface area (Å²) in [6, 6.07) is 11.8. The van der Waals surface area contributed by atoms with Crippen LogP contribution in [0.15, 0.2) is 42.6 Å². The molecular formula is C27H41N2O5P. The van der Waals surface area contributed by atoms with Gasteiger partial charge in [-0.1, -0.05) is 70.4 Å². The second-order valence-corrected chi connectivity index (χ2v) is 10.6. The largest absolute Gasteiger partial charge is 0.494 e. The number of aromatic nitrogens is 1. The Morgan fingerprint density at radius 3 is 2.43 bits per heavy atom. The summed E-state index contributed by atoms with van der Waals surface area (Å²) in [5.74, 6) is 1.52. The van der Waals surface area contributed by atoms with Crippen molar-refractivity contribution < 1.29 is 23.6 Å². The van der Waals surface area contributed by atoms with Gasteiger partial charge in [0.05, 0.1) is 18.8 Å². The van der Waals surface area contributed by atoms with Gasteiger partial charge >= 0.3 is 7.82 Å². The zero-order valence-electron chi connectivity index (χ0n) is 20.9. The number of phosphoric ester groups is 1. The smallest absolute Gasteiger partial charge is 0.469 e. The normalized spacial score (nSPS) is 18.0. The summed E-state index contributed by atoms with van der Waals surface area (Å²) in [5.41, 5.74) is 2.04. The Labute approximate surface area is 209 Å². The molecule has 1 aliphatic rings. The second-order valence-electron chi connectivity index (χ2n) is 9.45. The topological polar surface area (TPSA) is 101 Å². The molecule has 1 heterocycles. The van der Waals surface area contributed by atoms with Crippen LogP contribution < -0.4 is 10.1 Å². The molecule has 1 aromatic heterocycles. The minimum Gasteiger partial charge on any atom is -0.494 e. The molecule has 2 aromatic rings. The third-order valence-corrected chi connectivity index (χ3v) is 7.05. The van der Waals surface area contributed by atoms with Gasteiger partial charge < -0.3 is 19.8 Å². The van der Waals surface area contributed by atoms with E-state index in [9.17, 15) is 4.57 Å². The highest BCUT2D eigenvalue weighted by Gasteiger charge is 2.33.